The van der Waals surface area contributed by atoms with Gasteiger partial charge in [-0.1, -0.05) is 0 Å². The molecule has 1 amide bonds. The molecule has 1 unspecified atom stereocenters. The van der Waals surface area contributed by atoms with Crippen molar-refractivity contribution < 1.29 is 4.79 Å². The van der Waals surface area contributed by atoms with E-state index in [2.05, 4.69) is 10.2 Å². The van der Waals surface area contributed by atoms with Gasteiger partial charge in [0.25, 0.3) is 0 Å². The molecule has 1 rings (SSSR count). The number of likely N-dealkylation sites (tertiary alicyclic amines) is 1. The third kappa shape index (κ3) is 4.94. The van der Waals surface area contributed by atoms with Crippen LogP contribution >= 0.6 is 0 Å². The van der Waals surface area contributed by atoms with Gasteiger partial charge < -0.3 is 15.1 Å². The highest BCUT2D eigenvalue weighted by Crippen LogP contribution is 2.07. The summed E-state index contributed by atoms with van der Waals surface area (Å²) in [5.41, 5.74) is 0. The third-order valence-electron chi connectivity index (χ3n) is 3.75. The van der Waals surface area contributed by atoms with Crippen LogP contribution in [0.15, 0.2) is 0 Å². The van der Waals surface area contributed by atoms with Gasteiger partial charge in [0.1, 0.15) is 0 Å². The highest BCUT2D eigenvalue weighted by atomic mass is 16.2. The average molecular weight is 255 g/mol. The van der Waals surface area contributed by atoms with Crippen molar-refractivity contribution in [3.8, 4) is 0 Å². The zero-order valence-corrected chi connectivity index (χ0v) is 12.2. The van der Waals surface area contributed by atoms with Crippen molar-refractivity contribution in [1.82, 2.24) is 15.1 Å². The fraction of sp³-hybridized carbons (Fsp3) is 0.929. The van der Waals surface area contributed by atoms with E-state index in [1.165, 1.54) is 32.5 Å². The quantitative estimate of drug-likeness (QED) is 0.665. The first-order valence-corrected chi connectivity index (χ1v) is 7.43. The molecule has 0 spiro atoms. The first kappa shape index (κ1) is 15.4. The van der Waals surface area contributed by atoms with Crippen LogP contribution in [0.2, 0.25) is 0 Å². The van der Waals surface area contributed by atoms with Crippen molar-refractivity contribution in [3.63, 3.8) is 0 Å². The standard InChI is InChI=1S/C14H29N3O/c1-4-17(5-2)14(18)13(3)15-9-8-12-16-10-6-7-11-16/h13,15H,4-12H2,1-3H3. The molecular weight excluding hydrogens is 226 g/mol. The van der Waals surface area contributed by atoms with Crippen LogP contribution in [0.4, 0.5) is 0 Å². The third-order valence-corrected chi connectivity index (χ3v) is 3.75. The smallest absolute Gasteiger partial charge is 0.239 e. The molecule has 1 heterocycles. The number of likely N-dealkylation sites (N-methyl/N-ethyl adjacent to an activating group) is 1. The Kier molecular flexibility index (Phi) is 7.28. The Bertz CT molecular complexity index is 235. The van der Waals surface area contributed by atoms with Gasteiger partial charge in [0.15, 0.2) is 0 Å². The van der Waals surface area contributed by atoms with Crippen molar-refractivity contribution in [2.45, 2.75) is 46.1 Å². The zero-order valence-electron chi connectivity index (χ0n) is 12.2. The summed E-state index contributed by atoms with van der Waals surface area (Å²) in [5.74, 6) is 0.223. The largest absolute Gasteiger partial charge is 0.342 e. The van der Waals surface area contributed by atoms with Crippen LogP contribution in [0, 0.1) is 0 Å². The second kappa shape index (κ2) is 8.48. The van der Waals surface area contributed by atoms with Crippen LogP contribution in [0.1, 0.15) is 40.0 Å². The molecule has 1 fully saturated rings. The van der Waals surface area contributed by atoms with Crippen LogP contribution < -0.4 is 5.32 Å². The molecule has 1 atom stereocenters. The predicted octanol–water partition coefficient (Wildman–Crippen LogP) is 1.32. The number of carbonyl (C=O) groups is 1. The summed E-state index contributed by atoms with van der Waals surface area (Å²) >= 11 is 0. The van der Waals surface area contributed by atoms with Gasteiger partial charge in [-0.2, -0.15) is 0 Å². The van der Waals surface area contributed by atoms with Gasteiger partial charge in [-0.3, -0.25) is 4.79 Å². The van der Waals surface area contributed by atoms with Gasteiger partial charge in [-0.25, -0.2) is 0 Å². The molecule has 4 heteroatoms. The van der Waals surface area contributed by atoms with Crippen molar-refractivity contribution >= 4 is 5.91 Å². The molecule has 0 aromatic rings. The molecule has 1 aliphatic heterocycles. The van der Waals surface area contributed by atoms with Crippen LogP contribution in [0.5, 0.6) is 0 Å². The SMILES string of the molecule is CCN(CC)C(=O)C(C)NCCCN1CCCC1. The molecule has 0 aromatic carbocycles. The first-order chi connectivity index (χ1) is 8.69. The van der Waals surface area contributed by atoms with Crippen molar-refractivity contribution in [2.75, 3.05) is 39.3 Å². The number of hydrogen-bond donors (Lipinski definition) is 1. The lowest BCUT2D eigenvalue weighted by atomic mass is 10.2. The summed E-state index contributed by atoms with van der Waals surface area (Å²) in [7, 11) is 0. The van der Waals surface area contributed by atoms with Crippen LogP contribution in [0.3, 0.4) is 0 Å². The van der Waals surface area contributed by atoms with Crippen LogP contribution in [0.25, 0.3) is 0 Å². The maximum atomic E-state index is 12.0. The molecule has 1 saturated heterocycles. The average Bonchev–Trinajstić information content (AvgIpc) is 2.88. The Balaban J connectivity index is 2.11. The molecule has 1 aliphatic rings. The van der Waals surface area contributed by atoms with Crippen LogP contribution in [-0.4, -0.2) is 61.0 Å². The lowest BCUT2D eigenvalue weighted by molar-refractivity contribution is -0.132. The van der Waals surface area contributed by atoms with E-state index in [0.29, 0.717) is 0 Å². The minimum Gasteiger partial charge on any atom is -0.342 e. The number of hydrogen-bond acceptors (Lipinski definition) is 3. The van der Waals surface area contributed by atoms with E-state index in [1.54, 1.807) is 0 Å². The van der Waals surface area contributed by atoms with Gasteiger partial charge in [0.05, 0.1) is 6.04 Å². The molecule has 1 N–H and O–H groups in total. The van der Waals surface area contributed by atoms with E-state index >= 15 is 0 Å². The van der Waals surface area contributed by atoms with E-state index in [1.807, 2.05) is 25.7 Å². The molecule has 18 heavy (non-hydrogen) atoms. The van der Waals surface area contributed by atoms with E-state index < -0.39 is 0 Å². The van der Waals surface area contributed by atoms with Gasteiger partial charge in [-0.15, -0.1) is 0 Å². The maximum absolute atomic E-state index is 12.0. The minimum atomic E-state index is -0.0523. The summed E-state index contributed by atoms with van der Waals surface area (Å²) in [6.45, 7) is 12.2. The molecular formula is C14H29N3O. The van der Waals surface area contributed by atoms with E-state index in [9.17, 15) is 4.79 Å². The first-order valence-electron chi connectivity index (χ1n) is 7.43. The molecule has 0 aliphatic carbocycles. The molecule has 0 aromatic heterocycles. The lowest BCUT2D eigenvalue weighted by Crippen LogP contribution is -2.45. The molecule has 0 radical (unpaired) electrons. The van der Waals surface area contributed by atoms with Crippen molar-refractivity contribution in [1.29, 1.82) is 0 Å². The summed E-state index contributed by atoms with van der Waals surface area (Å²) in [6, 6.07) is -0.0523. The summed E-state index contributed by atoms with van der Waals surface area (Å²) in [4.78, 5) is 16.4. The Labute approximate surface area is 112 Å². The van der Waals surface area contributed by atoms with Gasteiger partial charge in [0, 0.05) is 13.1 Å². The fourth-order valence-corrected chi connectivity index (χ4v) is 2.52. The number of carbonyl (C=O) groups excluding carboxylic acids is 1. The second-order valence-corrected chi connectivity index (χ2v) is 5.09. The zero-order chi connectivity index (χ0) is 13.4. The predicted molar refractivity (Wildman–Crippen MR) is 75.7 cm³/mol. The van der Waals surface area contributed by atoms with Crippen LogP contribution in [-0.2, 0) is 4.79 Å². The highest BCUT2D eigenvalue weighted by molar-refractivity contribution is 5.81. The van der Waals surface area contributed by atoms with Gasteiger partial charge in [-0.05, 0) is 66.2 Å². The van der Waals surface area contributed by atoms with Gasteiger partial charge >= 0.3 is 0 Å². The minimum absolute atomic E-state index is 0.0523. The van der Waals surface area contributed by atoms with E-state index in [-0.39, 0.29) is 11.9 Å². The normalized spacial score (nSPS) is 17.9. The van der Waals surface area contributed by atoms with E-state index in [4.69, 9.17) is 0 Å². The monoisotopic (exact) mass is 255 g/mol. The molecule has 0 saturated carbocycles. The molecule has 4 nitrogen and oxygen atoms in total. The summed E-state index contributed by atoms with van der Waals surface area (Å²) in [6.07, 6.45) is 3.84. The number of amides is 1. The molecule has 0 bridgehead atoms. The summed E-state index contributed by atoms with van der Waals surface area (Å²) < 4.78 is 0. The fourth-order valence-electron chi connectivity index (χ4n) is 2.52. The maximum Gasteiger partial charge on any atom is 0.239 e. The lowest BCUT2D eigenvalue weighted by Gasteiger charge is -2.23. The van der Waals surface area contributed by atoms with Gasteiger partial charge in [0.2, 0.25) is 5.91 Å². The Hall–Kier alpha value is -0.610. The summed E-state index contributed by atoms with van der Waals surface area (Å²) in [5, 5.41) is 3.34. The number of nitrogens with one attached hydrogen (secondary N) is 1. The van der Waals surface area contributed by atoms with E-state index in [0.717, 1.165) is 26.1 Å². The van der Waals surface area contributed by atoms with Crippen molar-refractivity contribution in [3.05, 3.63) is 0 Å². The second-order valence-electron chi connectivity index (χ2n) is 5.09. The number of nitrogens with zero attached hydrogens (tertiary/aromatic N) is 2. The van der Waals surface area contributed by atoms with Crippen molar-refractivity contribution in [2.24, 2.45) is 0 Å². The number of rotatable bonds is 8. The topological polar surface area (TPSA) is 35.6 Å². The Morgan fingerprint density at radius 1 is 1.28 bits per heavy atom. The highest BCUT2D eigenvalue weighted by Gasteiger charge is 2.17. The Morgan fingerprint density at radius 3 is 2.44 bits per heavy atom. The Morgan fingerprint density at radius 2 is 1.89 bits per heavy atom. The molecule has 106 valence electrons.